The molecule has 0 saturated carbocycles. The van der Waals surface area contributed by atoms with E-state index in [-0.39, 0.29) is 24.0 Å². The minimum atomic E-state index is 0. The number of likely N-dealkylation sites (tertiary alicyclic amines) is 2. The molecular weight excluding hydrogens is 455 g/mol. The van der Waals surface area contributed by atoms with Crippen molar-refractivity contribution in [2.45, 2.75) is 70.1 Å². The first kappa shape index (κ1) is 23.2. The topological polar surface area (TPSA) is 49.3 Å². The second-order valence-electron chi connectivity index (χ2n) is 7.86. The summed E-state index contributed by atoms with van der Waals surface area (Å²) in [5.74, 6) is 1.06. The Morgan fingerprint density at radius 3 is 2.59 bits per heavy atom. The zero-order valence-corrected chi connectivity index (χ0v) is 19.5. The van der Waals surface area contributed by atoms with Gasteiger partial charge < -0.3 is 19.7 Å². The van der Waals surface area contributed by atoms with E-state index in [1.165, 1.54) is 32.2 Å². The number of likely N-dealkylation sites (N-methyl/N-ethyl adjacent to an activating group) is 1. The Morgan fingerprint density at radius 2 is 1.93 bits per heavy atom. The van der Waals surface area contributed by atoms with Gasteiger partial charge in [-0.05, 0) is 58.0 Å². The number of hydrogen-bond donors (Lipinski definition) is 1. The summed E-state index contributed by atoms with van der Waals surface area (Å²) >= 11 is 0. The fourth-order valence-electron chi connectivity index (χ4n) is 4.50. The summed E-state index contributed by atoms with van der Waals surface area (Å²) in [5.41, 5.74) is 0. The van der Waals surface area contributed by atoms with Crippen LogP contribution in [0.3, 0.4) is 0 Å². The number of ether oxygens (including phenoxy) is 2. The number of halogens is 1. The number of nitrogens with one attached hydrogen (secondary N) is 1. The van der Waals surface area contributed by atoms with Gasteiger partial charge in [-0.25, -0.2) is 0 Å². The van der Waals surface area contributed by atoms with E-state index in [1.807, 2.05) is 7.05 Å². The molecule has 0 spiro atoms. The van der Waals surface area contributed by atoms with E-state index in [0.717, 1.165) is 64.6 Å². The highest BCUT2D eigenvalue weighted by molar-refractivity contribution is 14.0. The van der Waals surface area contributed by atoms with Crippen molar-refractivity contribution in [2.75, 3.05) is 53.0 Å². The van der Waals surface area contributed by atoms with Gasteiger partial charge in [-0.15, -0.1) is 24.0 Å². The van der Waals surface area contributed by atoms with Crippen LogP contribution in [0.25, 0.3) is 0 Å². The van der Waals surface area contributed by atoms with Crippen molar-refractivity contribution >= 4 is 29.9 Å². The quantitative estimate of drug-likeness (QED) is 0.350. The van der Waals surface area contributed by atoms with E-state index in [9.17, 15) is 0 Å². The second kappa shape index (κ2) is 12.4. The fourth-order valence-corrected chi connectivity index (χ4v) is 4.50. The van der Waals surface area contributed by atoms with Crippen molar-refractivity contribution in [3.05, 3.63) is 0 Å². The van der Waals surface area contributed by atoms with Crippen molar-refractivity contribution < 1.29 is 9.47 Å². The van der Waals surface area contributed by atoms with Crippen molar-refractivity contribution in [1.82, 2.24) is 15.1 Å². The number of aliphatic imine (C=N–C) groups is 1. The molecule has 2 unspecified atom stereocenters. The first-order chi connectivity index (χ1) is 12.8. The van der Waals surface area contributed by atoms with Crippen LogP contribution in [-0.4, -0.2) is 87.0 Å². The lowest BCUT2D eigenvalue weighted by molar-refractivity contribution is -0.0721. The Kier molecular flexibility index (Phi) is 10.7. The Bertz CT molecular complexity index is 438. The molecule has 27 heavy (non-hydrogen) atoms. The van der Waals surface area contributed by atoms with Gasteiger partial charge in [0.2, 0.25) is 0 Å². The number of rotatable bonds is 6. The van der Waals surface area contributed by atoms with Crippen LogP contribution in [-0.2, 0) is 9.47 Å². The number of nitrogens with zero attached hydrogens (tertiary/aromatic N) is 3. The lowest BCUT2D eigenvalue weighted by Crippen LogP contribution is -2.50. The highest BCUT2D eigenvalue weighted by Gasteiger charge is 2.26. The van der Waals surface area contributed by atoms with Crippen LogP contribution in [0.5, 0.6) is 0 Å². The van der Waals surface area contributed by atoms with Crippen molar-refractivity contribution in [3.8, 4) is 0 Å². The molecular formula is C20H39IN4O2. The van der Waals surface area contributed by atoms with E-state index in [2.05, 4.69) is 27.0 Å². The smallest absolute Gasteiger partial charge is 0.193 e. The molecule has 0 aromatic heterocycles. The van der Waals surface area contributed by atoms with Gasteiger partial charge in [-0.2, -0.15) is 0 Å². The summed E-state index contributed by atoms with van der Waals surface area (Å²) in [4.78, 5) is 9.49. The van der Waals surface area contributed by atoms with Gasteiger partial charge in [0.1, 0.15) is 0 Å². The van der Waals surface area contributed by atoms with Gasteiger partial charge in [0.05, 0.1) is 18.8 Å². The number of guanidine groups is 1. The standard InChI is InChI=1S/C20H38N4O2.HI/c1-3-23-11-6-7-17(23)15-22-20(21-2)24-12-9-18(10-13-24)26-16-19-8-4-5-14-25-19;/h17-19H,3-16H2,1-2H3,(H,21,22);1H. The molecule has 1 N–H and O–H groups in total. The van der Waals surface area contributed by atoms with Gasteiger partial charge in [0, 0.05) is 39.3 Å². The Labute approximate surface area is 182 Å². The zero-order chi connectivity index (χ0) is 18.2. The molecule has 3 aliphatic heterocycles. The van der Waals surface area contributed by atoms with Crippen LogP contribution < -0.4 is 5.32 Å². The minimum absolute atomic E-state index is 0. The van der Waals surface area contributed by atoms with E-state index in [1.54, 1.807) is 0 Å². The first-order valence-electron chi connectivity index (χ1n) is 10.7. The third-order valence-electron chi connectivity index (χ3n) is 6.15. The number of hydrogen-bond acceptors (Lipinski definition) is 4. The average molecular weight is 494 g/mol. The molecule has 0 bridgehead atoms. The summed E-state index contributed by atoms with van der Waals surface area (Å²) in [7, 11) is 1.90. The van der Waals surface area contributed by atoms with E-state index < -0.39 is 0 Å². The molecule has 0 amide bonds. The third-order valence-corrected chi connectivity index (χ3v) is 6.15. The normalized spacial score (nSPS) is 28.2. The number of piperidine rings is 1. The molecule has 2 atom stereocenters. The van der Waals surface area contributed by atoms with Crippen LogP contribution in [0.1, 0.15) is 51.9 Å². The molecule has 158 valence electrons. The van der Waals surface area contributed by atoms with Crippen molar-refractivity contribution in [2.24, 2.45) is 4.99 Å². The third kappa shape index (κ3) is 7.01. The molecule has 3 heterocycles. The summed E-state index contributed by atoms with van der Waals surface area (Å²) in [6, 6.07) is 0.660. The Morgan fingerprint density at radius 1 is 1.11 bits per heavy atom. The van der Waals surface area contributed by atoms with Crippen molar-refractivity contribution in [3.63, 3.8) is 0 Å². The summed E-state index contributed by atoms with van der Waals surface area (Å²) in [6.07, 6.45) is 9.14. The lowest BCUT2D eigenvalue weighted by atomic mass is 10.1. The predicted molar refractivity (Wildman–Crippen MR) is 121 cm³/mol. The van der Waals surface area contributed by atoms with Gasteiger partial charge in [0.15, 0.2) is 5.96 Å². The average Bonchev–Trinajstić information content (AvgIpc) is 3.16. The maximum absolute atomic E-state index is 6.14. The van der Waals surface area contributed by atoms with Gasteiger partial charge in [-0.1, -0.05) is 6.92 Å². The molecule has 0 aromatic rings. The lowest BCUT2D eigenvalue weighted by Gasteiger charge is -2.35. The molecule has 0 aliphatic carbocycles. The van der Waals surface area contributed by atoms with Crippen LogP contribution in [0, 0.1) is 0 Å². The van der Waals surface area contributed by atoms with Crippen LogP contribution >= 0.6 is 24.0 Å². The van der Waals surface area contributed by atoms with Crippen LogP contribution in [0.2, 0.25) is 0 Å². The second-order valence-corrected chi connectivity index (χ2v) is 7.86. The molecule has 3 rings (SSSR count). The van der Waals surface area contributed by atoms with E-state index in [4.69, 9.17) is 9.47 Å². The molecule has 3 saturated heterocycles. The molecule has 3 fully saturated rings. The van der Waals surface area contributed by atoms with Crippen LogP contribution in [0.15, 0.2) is 4.99 Å². The highest BCUT2D eigenvalue weighted by Crippen LogP contribution is 2.19. The maximum Gasteiger partial charge on any atom is 0.193 e. The molecule has 0 aromatic carbocycles. The zero-order valence-electron chi connectivity index (χ0n) is 17.2. The van der Waals surface area contributed by atoms with Crippen LogP contribution in [0.4, 0.5) is 0 Å². The van der Waals surface area contributed by atoms with Gasteiger partial charge in [-0.3, -0.25) is 9.89 Å². The predicted octanol–water partition coefficient (Wildman–Crippen LogP) is 2.71. The van der Waals surface area contributed by atoms with E-state index in [0.29, 0.717) is 18.2 Å². The maximum atomic E-state index is 6.14. The van der Waals surface area contributed by atoms with Gasteiger partial charge >= 0.3 is 0 Å². The SMILES string of the molecule is CCN1CCCC1CNC(=NC)N1CCC(OCC2CCCCO2)CC1.I. The molecule has 7 heteroatoms. The molecule has 6 nitrogen and oxygen atoms in total. The summed E-state index contributed by atoms with van der Waals surface area (Å²) in [5, 5.41) is 3.62. The fraction of sp³-hybridized carbons (Fsp3) is 0.950. The van der Waals surface area contributed by atoms with Crippen molar-refractivity contribution in [1.29, 1.82) is 0 Å². The summed E-state index contributed by atoms with van der Waals surface area (Å²) in [6.45, 7) is 9.40. The summed E-state index contributed by atoms with van der Waals surface area (Å²) < 4.78 is 11.9. The minimum Gasteiger partial charge on any atom is -0.376 e. The first-order valence-corrected chi connectivity index (χ1v) is 10.7. The molecule has 0 radical (unpaired) electrons. The van der Waals surface area contributed by atoms with Gasteiger partial charge in [0.25, 0.3) is 0 Å². The Balaban J connectivity index is 0.00000261. The Hall–Kier alpha value is -0.120. The largest absolute Gasteiger partial charge is 0.376 e. The monoisotopic (exact) mass is 494 g/mol. The van der Waals surface area contributed by atoms with E-state index >= 15 is 0 Å². The molecule has 3 aliphatic rings. The highest BCUT2D eigenvalue weighted by atomic mass is 127.